The monoisotopic (exact) mass is 459 g/mol. The summed E-state index contributed by atoms with van der Waals surface area (Å²) in [5, 5.41) is 1.02. The molecule has 158 valence electrons. The number of carbonyl (C=O) groups excluding carboxylic acids is 1. The fourth-order valence-corrected chi connectivity index (χ4v) is 7.62. The van der Waals surface area contributed by atoms with Crippen LogP contribution in [0, 0.1) is 0 Å². The fraction of sp³-hybridized carbons (Fsp3) is 0.389. The van der Waals surface area contributed by atoms with E-state index in [2.05, 4.69) is 0 Å². The Labute approximate surface area is 177 Å². The van der Waals surface area contributed by atoms with E-state index < -0.39 is 21.4 Å². The molecule has 1 aromatic heterocycles. The van der Waals surface area contributed by atoms with E-state index in [4.69, 9.17) is 18.9 Å². The fourth-order valence-electron chi connectivity index (χ4n) is 3.06. The number of nitrogens with zero attached hydrogens (tertiary/aromatic N) is 1. The van der Waals surface area contributed by atoms with Crippen molar-refractivity contribution in [3.05, 3.63) is 34.0 Å². The van der Waals surface area contributed by atoms with Crippen LogP contribution in [0.1, 0.15) is 20.6 Å². The topological polar surface area (TPSA) is 91.4 Å². The second kappa shape index (κ2) is 8.82. The third-order valence-electron chi connectivity index (χ3n) is 4.44. The third-order valence-corrected chi connectivity index (χ3v) is 8.74. The minimum Gasteiger partial charge on any atom is -0.496 e. The van der Waals surface area contributed by atoms with Crippen LogP contribution >= 0.6 is 23.1 Å². The van der Waals surface area contributed by atoms with Crippen molar-refractivity contribution in [1.82, 2.24) is 4.31 Å². The molecule has 8 nitrogen and oxygen atoms in total. The highest BCUT2D eigenvalue weighted by Gasteiger charge is 2.40. The first-order chi connectivity index (χ1) is 13.9. The van der Waals surface area contributed by atoms with E-state index in [1.54, 1.807) is 17.5 Å². The van der Waals surface area contributed by atoms with Gasteiger partial charge in [-0.15, -0.1) is 23.1 Å². The summed E-state index contributed by atoms with van der Waals surface area (Å²) >= 11 is 2.50. The van der Waals surface area contributed by atoms with Crippen molar-refractivity contribution in [1.29, 1.82) is 0 Å². The zero-order chi connectivity index (χ0) is 21.2. The van der Waals surface area contributed by atoms with Gasteiger partial charge >= 0.3 is 5.97 Å². The van der Waals surface area contributed by atoms with Crippen LogP contribution in [-0.2, 0) is 14.8 Å². The van der Waals surface area contributed by atoms with Crippen LogP contribution in [0.2, 0.25) is 0 Å². The molecule has 2 heterocycles. The zero-order valence-electron chi connectivity index (χ0n) is 16.3. The van der Waals surface area contributed by atoms with E-state index in [0.717, 1.165) is 11.3 Å². The minimum absolute atomic E-state index is 0.0544. The Morgan fingerprint density at radius 3 is 2.34 bits per heavy atom. The first-order valence-electron chi connectivity index (χ1n) is 8.48. The molecule has 1 unspecified atom stereocenters. The van der Waals surface area contributed by atoms with E-state index in [1.165, 1.54) is 50.6 Å². The van der Waals surface area contributed by atoms with Gasteiger partial charge in [0, 0.05) is 23.9 Å². The highest BCUT2D eigenvalue weighted by Crippen LogP contribution is 2.48. The van der Waals surface area contributed by atoms with Gasteiger partial charge in [-0.1, -0.05) is 0 Å². The van der Waals surface area contributed by atoms with E-state index in [-0.39, 0.29) is 9.77 Å². The van der Waals surface area contributed by atoms with Crippen molar-refractivity contribution in [2.24, 2.45) is 0 Å². The second-order valence-corrected chi connectivity index (χ2v) is 9.86. The van der Waals surface area contributed by atoms with Crippen molar-refractivity contribution in [2.45, 2.75) is 10.3 Å². The molecule has 0 spiro atoms. The Balaban J connectivity index is 2.07. The highest BCUT2D eigenvalue weighted by molar-refractivity contribution is 8.01. The number of thioether (sulfide) groups is 1. The number of sulfonamides is 1. The number of carbonyl (C=O) groups is 1. The summed E-state index contributed by atoms with van der Waals surface area (Å²) < 4.78 is 49.1. The van der Waals surface area contributed by atoms with Gasteiger partial charge in [-0.05, 0) is 17.5 Å². The second-order valence-electron chi connectivity index (χ2n) is 5.89. The molecule has 1 atom stereocenters. The number of hydrogen-bond acceptors (Lipinski definition) is 9. The Bertz CT molecular complexity index is 1000. The average molecular weight is 460 g/mol. The van der Waals surface area contributed by atoms with Crippen LogP contribution in [0.3, 0.4) is 0 Å². The molecule has 29 heavy (non-hydrogen) atoms. The summed E-state index contributed by atoms with van der Waals surface area (Å²) in [5.74, 6) is 1.36. The van der Waals surface area contributed by atoms with Gasteiger partial charge in [0.05, 0.1) is 33.8 Å². The lowest BCUT2D eigenvalue weighted by Gasteiger charge is -2.25. The maximum Gasteiger partial charge on any atom is 0.349 e. The van der Waals surface area contributed by atoms with Crippen LogP contribution in [0.15, 0.2) is 28.5 Å². The third kappa shape index (κ3) is 3.91. The quantitative estimate of drug-likeness (QED) is 0.584. The predicted octanol–water partition coefficient (Wildman–Crippen LogP) is 3.00. The van der Waals surface area contributed by atoms with Gasteiger partial charge in [0.2, 0.25) is 10.0 Å². The van der Waals surface area contributed by atoms with Gasteiger partial charge in [0.1, 0.15) is 15.5 Å². The average Bonchev–Trinajstić information content (AvgIpc) is 3.42. The Morgan fingerprint density at radius 2 is 1.72 bits per heavy atom. The molecule has 0 N–H and O–H groups in total. The zero-order valence-corrected chi connectivity index (χ0v) is 18.8. The lowest BCUT2D eigenvalue weighted by atomic mass is 10.1. The molecular weight excluding hydrogens is 438 g/mol. The number of thiophene rings is 1. The molecule has 3 rings (SSSR count). The SMILES string of the molecule is COC(=O)c1sccc1S(=O)(=O)N1CCSC1c1cc(OC)c(OC)cc1OC. The van der Waals surface area contributed by atoms with Crippen molar-refractivity contribution >= 4 is 39.1 Å². The molecule has 1 saturated heterocycles. The number of ether oxygens (including phenoxy) is 4. The summed E-state index contributed by atoms with van der Waals surface area (Å²) in [6.45, 7) is 0.297. The number of benzene rings is 1. The van der Waals surface area contributed by atoms with Crippen LogP contribution in [-0.4, -0.2) is 59.4 Å². The molecule has 2 aromatic rings. The molecule has 0 saturated carbocycles. The minimum atomic E-state index is -3.94. The highest BCUT2D eigenvalue weighted by atomic mass is 32.2. The van der Waals surface area contributed by atoms with Gasteiger partial charge in [-0.25, -0.2) is 13.2 Å². The number of rotatable bonds is 7. The molecule has 1 aromatic carbocycles. The van der Waals surface area contributed by atoms with Crippen molar-refractivity contribution in [3.8, 4) is 17.2 Å². The molecule has 0 radical (unpaired) electrons. The van der Waals surface area contributed by atoms with E-state index in [1.807, 2.05) is 0 Å². The van der Waals surface area contributed by atoms with Crippen LogP contribution in [0.4, 0.5) is 0 Å². The van der Waals surface area contributed by atoms with Gasteiger partial charge in [0.25, 0.3) is 0 Å². The Kier molecular flexibility index (Phi) is 6.62. The number of hydrogen-bond donors (Lipinski definition) is 0. The number of esters is 1. The predicted molar refractivity (Wildman–Crippen MR) is 111 cm³/mol. The lowest BCUT2D eigenvalue weighted by Crippen LogP contribution is -2.31. The van der Waals surface area contributed by atoms with Gasteiger partial charge < -0.3 is 18.9 Å². The molecule has 1 fully saturated rings. The summed E-state index contributed by atoms with van der Waals surface area (Å²) in [7, 11) is 1.82. The smallest absolute Gasteiger partial charge is 0.349 e. The summed E-state index contributed by atoms with van der Waals surface area (Å²) in [6, 6.07) is 4.82. The maximum absolute atomic E-state index is 13.4. The van der Waals surface area contributed by atoms with Crippen LogP contribution in [0.25, 0.3) is 0 Å². The van der Waals surface area contributed by atoms with Crippen LogP contribution < -0.4 is 14.2 Å². The van der Waals surface area contributed by atoms with Gasteiger partial charge in [-0.3, -0.25) is 0 Å². The summed E-state index contributed by atoms with van der Waals surface area (Å²) in [4.78, 5) is 12.0. The molecule has 1 aliphatic rings. The summed E-state index contributed by atoms with van der Waals surface area (Å²) in [6.07, 6.45) is 0. The molecule has 0 amide bonds. The van der Waals surface area contributed by atoms with E-state index in [9.17, 15) is 13.2 Å². The van der Waals surface area contributed by atoms with Crippen molar-refractivity contribution < 1.29 is 32.2 Å². The molecule has 0 aliphatic carbocycles. The van der Waals surface area contributed by atoms with E-state index >= 15 is 0 Å². The largest absolute Gasteiger partial charge is 0.496 e. The van der Waals surface area contributed by atoms with Gasteiger partial charge in [0.15, 0.2) is 11.5 Å². The Morgan fingerprint density at radius 1 is 1.07 bits per heavy atom. The molecule has 0 bridgehead atoms. The number of methoxy groups -OCH3 is 4. The van der Waals surface area contributed by atoms with Gasteiger partial charge in [-0.2, -0.15) is 4.31 Å². The first kappa shape index (κ1) is 21.8. The maximum atomic E-state index is 13.4. The molecular formula is C18H21NO7S3. The van der Waals surface area contributed by atoms with E-state index in [0.29, 0.717) is 35.1 Å². The van der Waals surface area contributed by atoms with Crippen molar-refractivity contribution in [3.63, 3.8) is 0 Å². The standard InChI is InChI=1S/C18H21NO7S3/c1-23-12-10-14(25-3)13(24-2)9-11(12)17-19(6-8-28-17)29(21,22)15-5-7-27-16(15)18(20)26-4/h5,7,9-10,17H,6,8H2,1-4H3. The van der Waals surface area contributed by atoms with Crippen molar-refractivity contribution in [2.75, 3.05) is 40.7 Å². The van der Waals surface area contributed by atoms with Crippen LogP contribution in [0.5, 0.6) is 17.2 Å². The first-order valence-corrected chi connectivity index (χ1v) is 11.8. The normalized spacial score (nSPS) is 17.2. The lowest BCUT2D eigenvalue weighted by molar-refractivity contribution is 0.0602. The summed E-state index contributed by atoms with van der Waals surface area (Å²) in [5.41, 5.74) is 0.645. The Hall–Kier alpha value is -1.95. The molecule has 1 aliphatic heterocycles. The molecule has 11 heteroatoms.